The predicted molar refractivity (Wildman–Crippen MR) is 143 cm³/mol. The molecule has 0 radical (unpaired) electrons. The van der Waals surface area contributed by atoms with Gasteiger partial charge in [0.25, 0.3) is 10.6 Å². The average molecular weight is 563 g/mol. The van der Waals surface area contributed by atoms with Gasteiger partial charge in [-0.3, -0.25) is 9.48 Å². The molecule has 1 N–H and O–H groups in total. The number of nitrogens with zero attached hydrogens (tertiary/aromatic N) is 5. The Balaban J connectivity index is 1.69. The van der Waals surface area contributed by atoms with Gasteiger partial charge in [0.05, 0.1) is 22.8 Å². The molecule has 39 heavy (non-hydrogen) atoms. The number of hydrogen-bond donors (Lipinski definition) is 1. The summed E-state index contributed by atoms with van der Waals surface area (Å²) in [5, 5.41) is 14.5. The van der Waals surface area contributed by atoms with Gasteiger partial charge < -0.3 is 14.6 Å². The maximum absolute atomic E-state index is 13.6. The topological polar surface area (TPSA) is 163 Å². The van der Waals surface area contributed by atoms with Crippen LogP contribution in [0.4, 0.5) is 0 Å². The first kappa shape index (κ1) is 28.5. The summed E-state index contributed by atoms with van der Waals surface area (Å²) in [6.45, 7) is 6.39. The maximum Gasteiger partial charge on any atom is 0.294 e. The number of H-pyrrole nitrogens is 1. The smallest absolute Gasteiger partial charge is 0.294 e. The van der Waals surface area contributed by atoms with E-state index in [1.807, 2.05) is 20.8 Å². The Hall–Kier alpha value is -3.52. The molecule has 0 amide bonds. The van der Waals surface area contributed by atoms with Gasteiger partial charge in [0.15, 0.2) is 5.52 Å². The van der Waals surface area contributed by atoms with Gasteiger partial charge in [-0.15, -0.1) is 10.1 Å². The second kappa shape index (κ2) is 11.7. The zero-order valence-corrected chi connectivity index (χ0v) is 23.4. The monoisotopic (exact) mass is 562 g/mol. The number of benzene rings is 1. The number of aromatic nitrogens is 4. The summed E-state index contributed by atoms with van der Waals surface area (Å²) in [5.74, 6) is 0.474. The number of rotatable bonds is 11. The van der Waals surface area contributed by atoms with Crippen molar-refractivity contribution in [2.75, 3.05) is 19.7 Å². The highest BCUT2D eigenvalue weighted by atomic mass is 32.2. The van der Waals surface area contributed by atoms with E-state index in [1.165, 1.54) is 21.1 Å². The fraction of sp³-hybridized carbons (Fsp3) is 0.560. The summed E-state index contributed by atoms with van der Waals surface area (Å²) in [6, 6.07) is 4.51. The SMILES string of the molecule is CCCc1nn(C)c2c(=O)[nH]c(-c3cc(S(=O)(=O)N4CCC(C(CC)O[N+](=O)[O-])CC4)ccc3OCC)nc12. The fourth-order valence-electron chi connectivity index (χ4n) is 5.16. The molecule has 0 bridgehead atoms. The molecule has 1 fully saturated rings. The van der Waals surface area contributed by atoms with Crippen LogP contribution in [0, 0.1) is 16.0 Å². The molecule has 1 unspecified atom stereocenters. The second-order valence-corrected chi connectivity index (χ2v) is 11.5. The van der Waals surface area contributed by atoms with Crippen LogP contribution in [-0.4, -0.2) is 63.4 Å². The van der Waals surface area contributed by atoms with Crippen LogP contribution in [0.25, 0.3) is 22.4 Å². The third kappa shape index (κ3) is 5.76. The summed E-state index contributed by atoms with van der Waals surface area (Å²) < 4.78 is 35.9. The zero-order chi connectivity index (χ0) is 28.3. The first-order valence-corrected chi connectivity index (χ1v) is 14.6. The maximum atomic E-state index is 13.6. The number of ether oxygens (including phenoxy) is 1. The Morgan fingerprint density at radius 1 is 1.23 bits per heavy atom. The minimum atomic E-state index is -3.90. The van der Waals surface area contributed by atoms with Crippen LogP contribution < -0.4 is 10.3 Å². The molecule has 0 aliphatic carbocycles. The highest BCUT2D eigenvalue weighted by Gasteiger charge is 2.34. The Morgan fingerprint density at radius 2 is 1.95 bits per heavy atom. The molecule has 4 rings (SSSR count). The minimum Gasteiger partial charge on any atom is -0.493 e. The molecule has 3 aromatic rings. The fourth-order valence-corrected chi connectivity index (χ4v) is 6.65. The van der Waals surface area contributed by atoms with E-state index < -0.39 is 21.2 Å². The van der Waals surface area contributed by atoms with Crippen molar-refractivity contribution in [1.29, 1.82) is 0 Å². The molecule has 2 aromatic heterocycles. The largest absolute Gasteiger partial charge is 0.493 e. The molecule has 1 aliphatic heterocycles. The van der Waals surface area contributed by atoms with Crippen molar-refractivity contribution >= 4 is 21.1 Å². The normalized spacial score (nSPS) is 15.9. The standard InChI is InChI=1S/C25H34N6O7S/c1-5-8-19-22-23(29(4)28-19)25(32)27-24(26-22)18-15-17(9-10-21(18)37-7-3)39(35,36)30-13-11-16(12-14-30)20(6-2)38-31(33)34/h9-10,15-16,20H,5-8,11-14H2,1-4H3,(H,26,27,32). The van der Waals surface area contributed by atoms with E-state index in [2.05, 4.69) is 10.1 Å². The van der Waals surface area contributed by atoms with Crippen molar-refractivity contribution in [3.8, 4) is 17.1 Å². The molecule has 1 aliphatic rings. The number of fused-ring (bicyclic) bond motifs is 1. The van der Waals surface area contributed by atoms with Crippen LogP contribution in [0.15, 0.2) is 27.9 Å². The highest BCUT2D eigenvalue weighted by molar-refractivity contribution is 7.89. The number of nitrogens with one attached hydrogen (secondary N) is 1. The van der Waals surface area contributed by atoms with Gasteiger partial charge in [0, 0.05) is 20.1 Å². The van der Waals surface area contributed by atoms with Crippen LogP contribution in [0.3, 0.4) is 0 Å². The first-order valence-electron chi connectivity index (χ1n) is 13.1. The minimum absolute atomic E-state index is 0.0377. The van der Waals surface area contributed by atoms with Crippen molar-refractivity contribution in [2.45, 2.75) is 63.9 Å². The lowest BCUT2D eigenvalue weighted by atomic mass is 9.91. The molecule has 0 spiro atoms. The molecule has 0 saturated carbocycles. The highest BCUT2D eigenvalue weighted by Crippen LogP contribution is 2.34. The quantitative estimate of drug-likeness (QED) is 0.273. The zero-order valence-electron chi connectivity index (χ0n) is 22.5. The Morgan fingerprint density at radius 3 is 2.56 bits per heavy atom. The number of hydrogen-bond acceptors (Lipinski definition) is 9. The molecule has 14 heteroatoms. The molecule has 3 heterocycles. The Labute approximate surface area is 226 Å². The summed E-state index contributed by atoms with van der Waals surface area (Å²) in [7, 11) is -2.21. The van der Waals surface area contributed by atoms with Crippen LogP contribution >= 0.6 is 0 Å². The molecule has 1 saturated heterocycles. The van der Waals surface area contributed by atoms with Crippen LogP contribution in [0.1, 0.15) is 52.1 Å². The Bertz CT molecular complexity index is 1510. The van der Waals surface area contributed by atoms with Crippen LogP contribution in [0.5, 0.6) is 5.75 Å². The van der Waals surface area contributed by atoms with Crippen LogP contribution in [-0.2, 0) is 28.3 Å². The van der Waals surface area contributed by atoms with E-state index in [-0.39, 0.29) is 35.3 Å². The number of aromatic amines is 1. The third-order valence-electron chi connectivity index (χ3n) is 7.04. The number of sulfonamides is 1. The van der Waals surface area contributed by atoms with Crippen molar-refractivity contribution in [3.63, 3.8) is 0 Å². The number of aryl methyl sites for hydroxylation is 2. The van der Waals surface area contributed by atoms with Gasteiger partial charge in [0.2, 0.25) is 10.0 Å². The van der Waals surface area contributed by atoms with Gasteiger partial charge in [-0.2, -0.15) is 9.40 Å². The van der Waals surface area contributed by atoms with Gasteiger partial charge in [-0.05, 0) is 56.7 Å². The molecule has 13 nitrogen and oxygen atoms in total. The van der Waals surface area contributed by atoms with Gasteiger partial charge in [-0.1, -0.05) is 20.3 Å². The van der Waals surface area contributed by atoms with Crippen LogP contribution in [0.2, 0.25) is 0 Å². The Kier molecular flexibility index (Phi) is 8.54. The predicted octanol–water partition coefficient (Wildman–Crippen LogP) is 3.06. The number of piperidine rings is 1. The van der Waals surface area contributed by atoms with Gasteiger partial charge >= 0.3 is 0 Å². The summed E-state index contributed by atoms with van der Waals surface area (Å²) in [4.78, 5) is 36.1. The van der Waals surface area contributed by atoms with E-state index in [0.29, 0.717) is 60.3 Å². The lowest BCUT2D eigenvalue weighted by molar-refractivity contribution is -0.770. The van der Waals surface area contributed by atoms with Crippen molar-refractivity contribution < 1.29 is 23.1 Å². The molecule has 1 atom stereocenters. The lowest BCUT2D eigenvalue weighted by Crippen LogP contribution is -2.42. The average Bonchev–Trinajstić information content (AvgIpc) is 3.23. The first-order chi connectivity index (χ1) is 18.6. The van der Waals surface area contributed by atoms with Crippen molar-refractivity contribution in [1.82, 2.24) is 24.1 Å². The summed E-state index contributed by atoms with van der Waals surface area (Å²) in [6.07, 6.45) is 2.26. The van der Waals surface area contributed by atoms with E-state index in [0.717, 1.165) is 6.42 Å². The van der Waals surface area contributed by atoms with Crippen molar-refractivity contribution in [3.05, 3.63) is 44.4 Å². The van der Waals surface area contributed by atoms with Gasteiger partial charge in [0.1, 0.15) is 23.2 Å². The second-order valence-electron chi connectivity index (χ2n) is 9.54. The molecular weight excluding hydrogens is 528 g/mol. The lowest BCUT2D eigenvalue weighted by Gasteiger charge is -2.34. The van der Waals surface area contributed by atoms with Gasteiger partial charge in [-0.25, -0.2) is 13.4 Å². The summed E-state index contributed by atoms with van der Waals surface area (Å²) in [5.41, 5.74) is 1.48. The molecule has 212 valence electrons. The van der Waals surface area contributed by atoms with E-state index in [4.69, 9.17) is 14.6 Å². The third-order valence-corrected chi connectivity index (χ3v) is 8.94. The molecule has 1 aromatic carbocycles. The molecular formula is C25H34N6O7S. The summed E-state index contributed by atoms with van der Waals surface area (Å²) >= 11 is 0. The van der Waals surface area contributed by atoms with E-state index >= 15 is 0 Å². The van der Waals surface area contributed by atoms with E-state index in [1.54, 1.807) is 13.1 Å². The van der Waals surface area contributed by atoms with E-state index in [9.17, 15) is 23.3 Å². The van der Waals surface area contributed by atoms with Crippen molar-refractivity contribution in [2.24, 2.45) is 13.0 Å².